The Bertz CT molecular complexity index is 1250. The minimum absolute atomic E-state index is 0.0504. The molecule has 0 aliphatic carbocycles. The number of benzene rings is 3. The highest BCUT2D eigenvalue weighted by Crippen LogP contribution is 2.16. The van der Waals surface area contributed by atoms with E-state index < -0.39 is 28.5 Å². The quantitative estimate of drug-likeness (QED) is 0.410. The van der Waals surface area contributed by atoms with E-state index in [0.29, 0.717) is 11.6 Å². The number of carbonyl (C=O) groups is 2. The van der Waals surface area contributed by atoms with Crippen LogP contribution in [-0.4, -0.2) is 48.3 Å². The van der Waals surface area contributed by atoms with Gasteiger partial charge >= 0.3 is 0 Å². The zero-order valence-electron chi connectivity index (χ0n) is 20.3. The van der Waals surface area contributed by atoms with E-state index >= 15 is 0 Å². The molecule has 3 aromatic carbocycles. The number of rotatable bonds is 11. The number of carbonyl (C=O) groups excluding carboxylic acids is 2. The topological polar surface area (TPSA) is 86.8 Å². The summed E-state index contributed by atoms with van der Waals surface area (Å²) < 4.78 is 26.1. The molecule has 2 amide bonds. The van der Waals surface area contributed by atoms with Crippen molar-refractivity contribution in [2.45, 2.75) is 32.6 Å². The van der Waals surface area contributed by atoms with Gasteiger partial charge in [-0.2, -0.15) is 4.31 Å². The largest absolute Gasteiger partial charge is 0.350 e. The molecular formula is C27H30ClN3O4S. The van der Waals surface area contributed by atoms with E-state index in [1.54, 1.807) is 43.3 Å². The first-order valence-electron chi connectivity index (χ1n) is 11.5. The fraction of sp³-hybridized carbons (Fsp3) is 0.259. The summed E-state index contributed by atoms with van der Waals surface area (Å²) in [5.74, 6) is -0.816. The van der Waals surface area contributed by atoms with E-state index in [1.165, 1.54) is 4.90 Å². The van der Waals surface area contributed by atoms with Gasteiger partial charge in [-0.05, 0) is 35.7 Å². The first-order chi connectivity index (χ1) is 17.1. The second-order valence-corrected chi connectivity index (χ2v) is 11.0. The van der Waals surface area contributed by atoms with E-state index in [0.717, 1.165) is 27.3 Å². The van der Waals surface area contributed by atoms with E-state index in [-0.39, 0.29) is 19.0 Å². The third kappa shape index (κ3) is 8.19. The van der Waals surface area contributed by atoms with Crippen molar-refractivity contribution in [1.82, 2.24) is 14.5 Å². The zero-order chi connectivity index (χ0) is 26.1. The van der Waals surface area contributed by atoms with Crippen molar-refractivity contribution in [3.05, 3.63) is 107 Å². The highest BCUT2D eigenvalue weighted by molar-refractivity contribution is 7.88. The number of hydrogen-bond donors (Lipinski definition) is 1. The van der Waals surface area contributed by atoms with E-state index in [2.05, 4.69) is 5.32 Å². The van der Waals surface area contributed by atoms with Gasteiger partial charge in [-0.15, -0.1) is 0 Å². The Morgan fingerprint density at radius 2 is 1.36 bits per heavy atom. The Kier molecular flexibility index (Phi) is 9.64. The Morgan fingerprint density at radius 1 is 0.833 bits per heavy atom. The molecule has 0 aromatic heterocycles. The van der Waals surface area contributed by atoms with Crippen molar-refractivity contribution in [2.24, 2.45) is 0 Å². The predicted octanol–water partition coefficient (Wildman–Crippen LogP) is 3.84. The maximum Gasteiger partial charge on any atom is 0.242 e. The van der Waals surface area contributed by atoms with Crippen LogP contribution in [0, 0.1) is 0 Å². The van der Waals surface area contributed by atoms with Crippen molar-refractivity contribution in [2.75, 3.05) is 12.8 Å². The minimum atomic E-state index is -3.69. The third-order valence-electron chi connectivity index (χ3n) is 5.73. The van der Waals surface area contributed by atoms with Crippen molar-refractivity contribution in [1.29, 1.82) is 0 Å². The highest BCUT2D eigenvalue weighted by atomic mass is 35.5. The summed E-state index contributed by atoms with van der Waals surface area (Å²) in [7, 11) is -3.69. The molecule has 3 rings (SSSR count). The molecule has 0 aliphatic rings. The molecule has 1 atom stereocenters. The molecule has 0 radical (unpaired) electrons. The summed E-state index contributed by atoms with van der Waals surface area (Å²) in [6.45, 7) is 1.73. The highest BCUT2D eigenvalue weighted by Gasteiger charge is 2.29. The molecule has 7 nitrogen and oxygen atoms in total. The molecule has 0 aliphatic heterocycles. The fourth-order valence-electron chi connectivity index (χ4n) is 3.62. The average Bonchev–Trinajstić information content (AvgIpc) is 2.86. The standard InChI is InChI=1S/C27H30ClN3O4S/c1-21(27(33)29-17-22-9-5-3-6-10-22)31(19-24-13-15-25(28)16-14-24)26(32)20-30(36(2,34)35)18-23-11-7-4-8-12-23/h3-16,21H,17-20H2,1-2H3,(H,29,33). The van der Waals surface area contributed by atoms with Gasteiger partial charge in [-0.1, -0.05) is 84.4 Å². The summed E-state index contributed by atoms with van der Waals surface area (Å²) in [6.07, 6.45) is 1.07. The van der Waals surface area contributed by atoms with E-state index in [9.17, 15) is 18.0 Å². The van der Waals surface area contributed by atoms with Gasteiger partial charge in [-0.25, -0.2) is 8.42 Å². The molecule has 0 fully saturated rings. The van der Waals surface area contributed by atoms with Crippen LogP contribution in [0.3, 0.4) is 0 Å². The van der Waals surface area contributed by atoms with E-state index in [1.807, 2.05) is 48.5 Å². The molecule has 0 saturated heterocycles. The second kappa shape index (κ2) is 12.7. The number of nitrogens with one attached hydrogen (secondary N) is 1. The normalized spacial score (nSPS) is 12.2. The lowest BCUT2D eigenvalue weighted by Crippen LogP contribution is -2.50. The second-order valence-electron chi connectivity index (χ2n) is 8.54. The maximum absolute atomic E-state index is 13.5. The Hall–Kier alpha value is -3.20. The van der Waals surface area contributed by atoms with Gasteiger partial charge < -0.3 is 10.2 Å². The molecule has 0 heterocycles. The van der Waals surface area contributed by atoms with Crippen LogP contribution in [-0.2, 0) is 39.2 Å². The molecular weight excluding hydrogens is 498 g/mol. The van der Waals surface area contributed by atoms with Crippen LogP contribution in [0.4, 0.5) is 0 Å². The lowest BCUT2D eigenvalue weighted by molar-refractivity contribution is -0.140. The summed E-state index contributed by atoms with van der Waals surface area (Å²) in [6, 6.07) is 24.6. The zero-order valence-corrected chi connectivity index (χ0v) is 21.9. The van der Waals surface area contributed by atoms with Crippen molar-refractivity contribution >= 4 is 33.4 Å². The molecule has 0 bridgehead atoms. The van der Waals surface area contributed by atoms with Gasteiger partial charge in [0.2, 0.25) is 21.8 Å². The molecule has 0 spiro atoms. The monoisotopic (exact) mass is 527 g/mol. The van der Waals surface area contributed by atoms with Crippen LogP contribution in [0.15, 0.2) is 84.9 Å². The SMILES string of the molecule is CC(C(=O)NCc1ccccc1)N(Cc1ccc(Cl)cc1)C(=O)CN(Cc1ccccc1)S(C)(=O)=O. The van der Waals surface area contributed by atoms with Crippen LogP contribution >= 0.6 is 11.6 Å². The van der Waals surface area contributed by atoms with Gasteiger partial charge in [0.1, 0.15) is 6.04 Å². The molecule has 190 valence electrons. The van der Waals surface area contributed by atoms with Gasteiger partial charge in [0, 0.05) is 24.7 Å². The number of amides is 2. The van der Waals surface area contributed by atoms with Gasteiger partial charge in [-0.3, -0.25) is 9.59 Å². The lowest BCUT2D eigenvalue weighted by Gasteiger charge is -2.31. The number of sulfonamides is 1. The van der Waals surface area contributed by atoms with Crippen LogP contribution in [0.1, 0.15) is 23.6 Å². The lowest BCUT2D eigenvalue weighted by atomic mass is 10.1. The first kappa shape index (κ1) is 27.4. The average molecular weight is 528 g/mol. The first-order valence-corrected chi connectivity index (χ1v) is 13.7. The Morgan fingerprint density at radius 3 is 1.92 bits per heavy atom. The number of halogens is 1. The van der Waals surface area contributed by atoms with Crippen molar-refractivity contribution in [3.63, 3.8) is 0 Å². The Balaban J connectivity index is 1.80. The molecule has 1 unspecified atom stereocenters. The minimum Gasteiger partial charge on any atom is -0.350 e. The van der Waals surface area contributed by atoms with Crippen molar-refractivity contribution < 1.29 is 18.0 Å². The fourth-order valence-corrected chi connectivity index (χ4v) is 4.48. The summed E-state index contributed by atoms with van der Waals surface area (Å²) in [4.78, 5) is 27.9. The third-order valence-corrected chi connectivity index (χ3v) is 7.17. The van der Waals surface area contributed by atoms with Crippen LogP contribution < -0.4 is 5.32 Å². The molecule has 36 heavy (non-hydrogen) atoms. The van der Waals surface area contributed by atoms with Gasteiger partial charge in [0.15, 0.2) is 0 Å². The smallest absolute Gasteiger partial charge is 0.242 e. The maximum atomic E-state index is 13.5. The molecule has 3 aromatic rings. The Labute approximate surface area is 217 Å². The van der Waals surface area contributed by atoms with E-state index in [4.69, 9.17) is 11.6 Å². The molecule has 9 heteroatoms. The predicted molar refractivity (Wildman–Crippen MR) is 141 cm³/mol. The van der Waals surface area contributed by atoms with Crippen molar-refractivity contribution in [3.8, 4) is 0 Å². The van der Waals surface area contributed by atoms with Crippen LogP contribution in [0.5, 0.6) is 0 Å². The van der Waals surface area contributed by atoms with Gasteiger partial charge in [0.05, 0.1) is 12.8 Å². The summed E-state index contributed by atoms with van der Waals surface area (Å²) >= 11 is 6.00. The summed E-state index contributed by atoms with van der Waals surface area (Å²) in [5, 5.41) is 3.42. The van der Waals surface area contributed by atoms with Crippen LogP contribution in [0.2, 0.25) is 5.02 Å². The summed E-state index contributed by atoms with van der Waals surface area (Å²) in [5.41, 5.74) is 2.46. The van der Waals surface area contributed by atoms with Gasteiger partial charge in [0.25, 0.3) is 0 Å². The molecule has 0 saturated carbocycles. The number of hydrogen-bond acceptors (Lipinski definition) is 4. The number of nitrogens with zero attached hydrogens (tertiary/aromatic N) is 2. The van der Waals surface area contributed by atoms with Crippen LogP contribution in [0.25, 0.3) is 0 Å². The molecule has 1 N–H and O–H groups in total.